The van der Waals surface area contributed by atoms with Gasteiger partial charge in [0.1, 0.15) is 0 Å². The number of rotatable bonds is 8. The zero-order chi connectivity index (χ0) is 14.9. The van der Waals surface area contributed by atoms with E-state index in [-0.39, 0.29) is 6.61 Å². The molecule has 0 unspecified atom stereocenters. The van der Waals surface area contributed by atoms with Gasteiger partial charge in [0.15, 0.2) is 0 Å². The zero-order valence-electron chi connectivity index (χ0n) is 12.6. The Hall–Kier alpha value is -1.84. The maximum absolute atomic E-state index is 9.00. The highest BCUT2D eigenvalue weighted by atomic mass is 16.3. The van der Waals surface area contributed by atoms with Gasteiger partial charge in [-0.05, 0) is 36.2 Å². The summed E-state index contributed by atoms with van der Waals surface area (Å²) in [6.45, 7) is 3.03. The van der Waals surface area contributed by atoms with Crippen molar-refractivity contribution in [2.45, 2.75) is 19.6 Å². The molecule has 21 heavy (non-hydrogen) atoms. The van der Waals surface area contributed by atoms with Gasteiger partial charge >= 0.3 is 0 Å². The van der Waals surface area contributed by atoms with E-state index in [0.29, 0.717) is 0 Å². The van der Waals surface area contributed by atoms with Gasteiger partial charge in [0, 0.05) is 25.8 Å². The summed E-state index contributed by atoms with van der Waals surface area (Å²) in [6.07, 6.45) is 1.11. The lowest BCUT2D eigenvalue weighted by molar-refractivity contribution is 0.282. The molecular formula is C18H24N2O. The van der Waals surface area contributed by atoms with Gasteiger partial charge < -0.3 is 15.3 Å². The van der Waals surface area contributed by atoms with E-state index in [4.69, 9.17) is 5.11 Å². The molecule has 2 aromatic rings. The van der Waals surface area contributed by atoms with Crippen molar-refractivity contribution in [2.75, 3.05) is 25.0 Å². The van der Waals surface area contributed by atoms with Crippen molar-refractivity contribution in [1.82, 2.24) is 5.32 Å². The number of nitrogens with zero attached hydrogens (tertiary/aromatic N) is 1. The van der Waals surface area contributed by atoms with E-state index in [0.717, 1.165) is 31.6 Å². The molecule has 2 N–H and O–H groups in total. The van der Waals surface area contributed by atoms with Crippen LogP contribution in [0.3, 0.4) is 0 Å². The highest BCUT2D eigenvalue weighted by Gasteiger charge is 1.99. The quantitative estimate of drug-likeness (QED) is 0.732. The minimum Gasteiger partial charge on any atom is -0.392 e. The molecule has 0 heterocycles. The van der Waals surface area contributed by atoms with Crippen molar-refractivity contribution < 1.29 is 5.11 Å². The molecule has 3 nitrogen and oxygen atoms in total. The molecule has 2 aromatic carbocycles. The van der Waals surface area contributed by atoms with Crippen LogP contribution in [0.4, 0.5) is 5.69 Å². The lowest BCUT2D eigenvalue weighted by Gasteiger charge is -2.19. The number of aliphatic hydroxyl groups excluding tert-OH is 1. The average molecular weight is 284 g/mol. The molecule has 0 spiro atoms. The van der Waals surface area contributed by atoms with E-state index in [1.807, 2.05) is 18.2 Å². The number of benzene rings is 2. The zero-order valence-corrected chi connectivity index (χ0v) is 12.6. The number of anilines is 1. The molecule has 2 rings (SSSR count). The van der Waals surface area contributed by atoms with Crippen molar-refractivity contribution in [1.29, 1.82) is 0 Å². The third-order valence-corrected chi connectivity index (χ3v) is 3.58. The Bertz CT molecular complexity index is 511. The summed E-state index contributed by atoms with van der Waals surface area (Å²) in [5.74, 6) is 0. The maximum Gasteiger partial charge on any atom is 0.0681 e. The highest BCUT2D eigenvalue weighted by Crippen LogP contribution is 2.10. The monoisotopic (exact) mass is 284 g/mol. The number of aliphatic hydroxyl groups is 1. The Kier molecular flexibility index (Phi) is 6.25. The fraction of sp³-hybridized carbons (Fsp3) is 0.333. The Balaban J connectivity index is 1.63. The molecule has 0 aliphatic carbocycles. The Morgan fingerprint density at radius 2 is 1.62 bits per heavy atom. The topological polar surface area (TPSA) is 35.5 Å². The molecule has 0 fully saturated rings. The number of hydrogen-bond acceptors (Lipinski definition) is 3. The normalized spacial score (nSPS) is 10.6. The summed E-state index contributed by atoms with van der Waals surface area (Å²) >= 11 is 0. The summed E-state index contributed by atoms with van der Waals surface area (Å²) in [6, 6.07) is 18.5. The minimum absolute atomic E-state index is 0.111. The first-order valence-electron chi connectivity index (χ1n) is 7.45. The molecule has 3 heteroatoms. The van der Waals surface area contributed by atoms with Crippen LogP contribution in [-0.4, -0.2) is 25.2 Å². The second-order valence-corrected chi connectivity index (χ2v) is 5.26. The van der Waals surface area contributed by atoms with E-state index in [9.17, 15) is 0 Å². The van der Waals surface area contributed by atoms with E-state index in [2.05, 4.69) is 53.7 Å². The summed E-state index contributed by atoms with van der Waals surface area (Å²) < 4.78 is 0. The van der Waals surface area contributed by atoms with Gasteiger partial charge in [0.05, 0.1) is 6.61 Å². The van der Waals surface area contributed by atoms with Crippen LogP contribution in [0.5, 0.6) is 0 Å². The SMILES string of the molecule is CN(CCCNCc1ccc(CO)cc1)c1ccccc1. The summed E-state index contributed by atoms with van der Waals surface area (Å²) in [7, 11) is 2.13. The first kappa shape index (κ1) is 15.5. The molecular weight excluding hydrogens is 260 g/mol. The van der Waals surface area contributed by atoms with Gasteiger partial charge in [-0.2, -0.15) is 0 Å². The van der Waals surface area contributed by atoms with Crippen molar-refractivity contribution in [3.8, 4) is 0 Å². The van der Waals surface area contributed by atoms with Crippen LogP contribution >= 0.6 is 0 Å². The molecule has 0 amide bonds. The van der Waals surface area contributed by atoms with Crippen molar-refractivity contribution in [3.63, 3.8) is 0 Å². The van der Waals surface area contributed by atoms with Crippen molar-refractivity contribution >= 4 is 5.69 Å². The van der Waals surface area contributed by atoms with Crippen molar-refractivity contribution in [2.24, 2.45) is 0 Å². The van der Waals surface area contributed by atoms with Gasteiger partial charge in [0.25, 0.3) is 0 Å². The summed E-state index contributed by atoms with van der Waals surface area (Å²) in [5, 5.41) is 12.5. The van der Waals surface area contributed by atoms with Gasteiger partial charge in [-0.15, -0.1) is 0 Å². The third kappa shape index (κ3) is 5.21. The standard InChI is InChI=1S/C18H24N2O/c1-20(18-6-3-2-4-7-18)13-5-12-19-14-16-8-10-17(15-21)11-9-16/h2-4,6-11,19,21H,5,12-15H2,1H3. The van der Waals surface area contributed by atoms with Crippen LogP contribution in [0.15, 0.2) is 54.6 Å². The molecule has 0 saturated carbocycles. The molecule has 0 aliphatic rings. The maximum atomic E-state index is 9.00. The predicted molar refractivity (Wildman–Crippen MR) is 88.4 cm³/mol. The molecule has 0 atom stereocenters. The summed E-state index contributed by atoms with van der Waals surface area (Å²) in [5.41, 5.74) is 3.48. The smallest absolute Gasteiger partial charge is 0.0681 e. The molecule has 0 aromatic heterocycles. The highest BCUT2D eigenvalue weighted by molar-refractivity contribution is 5.44. The van der Waals surface area contributed by atoms with Crippen LogP contribution in [0.2, 0.25) is 0 Å². The van der Waals surface area contributed by atoms with Crippen LogP contribution < -0.4 is 10.2 Å². The average Bonchev–Trinajstić information content (AvgIpc) is 2.55. The fourth-order valence-corrected chi connectivity index (χ4v) is 2.25. The first-order chi connectivity index (χ1) is 10.3. The van der Waals surface area contributed by atoms with E-state index in [1.165, 1.54) is 11.3 Å². The van der Waals surface area contributed by atoms with Crippen LogP contribution in [0.1, 0.15) is 17.5 Å². The summed E-state index contributed by atoms with van der Waals surface area (Å²) in [4.78, 5) is 2.28. The fourth-order valence-electron chi connectivity index (χ4n) is 2.25. The van der Waals surface area contributed by atoms with Gasteiger partial charge in [-0.25, -0.2) is 0 Å². The van der Waals surface area contributed by atoms with Crippen LogP contribution in [-0.2, 0) is 13.2 Å². The molecule has 112 valence electrons. The second kappa shape index (κ2) is 8.45. The Morgan fingerprint density at radius 3 is 2.29 bits per heavy atom. The van der Waals surface area contributed by atoms with Crippen LogP contribution in [0, 0.1) is 0 Å². The van der Waals surface area contributed by atoms with E-state index >= 15 is 0 Å². The van der Waals surface area contributed by atoms with Crippen molar-refractivity contribution in [3.05, 3.63) is 65.7 Å². The molecule has 0 saturated heterocycles. The second-order valence-electron chi connectivity index (χ2n) is 5.26. The molecule has 0 aliphatic heterocycles. The number of nitrogens with one attached hydrogen (secondary N) is 1. The lowest BCUT2D eigenvalue weighted by Crippen LogP contribution is -2.23. The largest absolute Gasteiger partial charge is 0.392 e. The molecule has 0 radical (unpaired) electrons. The lowest BCUT2D eigenvalue weighted by atomic mass is 10.1. The van der Waals surface area contributed by atoms with Gasteiger partial charge in [-0.3, -0.25) is 0 Å². The van der Waals surface area contributed by atoms with Gasteiger partial charge in [0.2, 0.25) is 0 Å². The third-order valence-electron chi connectivity index (χ3n) is 3.58. The molecule has 0 bridgehead atoms. The van der Waals surface area contributed by atoms with E-state index < -0.39 is 0 Å². The van der Waals surface area contributed by atoms with Crippen LogP contribution in [0.25, 0.3) is 0 Å². The first-order valence-corrected chi connectivity index (χ1v) is 7.45. The van der Waals surface area contributed by atoms with Gasteiger partial charge in [-0.1, -0.05) is 42.5 Å². The van der Waals surface area contributed by atoms with E-state index in [1.54, 1.807) is 0 Å². The number of para-hydroxylation sites is 1. The Morgan fingerprint density at radius 1 is 0.952 bits per heavy atom. The number of hydrogen-bond donors (Lipinski definition) is 2. The Labute approximate surface area is 127 Å². The predicted octanol–water partition coefficient (Wildman–Crippen LogP) is 2.80. The minimum atomic E-state index is 0.111.